The second kappa shape index (κ2) is 14.7. The average molecular weight is 507 g/mol. The number of anilines is 2. The molecule has 0 aromatic heterocycles. The number of carbonyl (C=O) groups is 4. The highest BCUT2D eigenvalue weighted by molar-refractivity contribution is 6.67. The third kappa shape index (κ3) is 8.97. The fourth-order valence-corrected chi connectivity index (χ4v) is 3.85. The van der Waals surface area contributed by atoms with Crippen LogP contribution >= 0.6 is 0 Å². The molecule has 2 rings (SSSR count). The van der Waals surface area contributed by atoms with E-state index in [1.54, 1.807) is 42.5 Å². The zero-order chi connectivity index (χ0) is 27.4. The average Bonchev–Trinajstić information content (AvgIpc) is 2.86. The number of ketones is 1. The van der Waals surface area contributed by atoms with Crippen LogP contribution in [-0.4, -0.2) is 35.8 Å². The highest BCUT2D eigenvalue weighted by Gasteiger charge is 2.20. The molecular weight excluding hydrogens is 468 g/mol. The number of hydrogen-bond acceptors (Lipinski definition) is 5. The predicted octanol–water partition coefficient (Wildman–Crippen LogP) is 5.25. The quantitative estimate of drug-likeness (QED) is 0.195. The monoisotopic (exact) mass is 506 g/mol. The number of benzene rings is 2. The van der Waals surface area contributed by atoms with Crippen LogP contribution in [0.1, 0.15) is 87.8 Å². The van der Waals surface area contributed by atoms with Gasteiger partial charge in [-0.1, -0.05) is 45.7 Å². The number of carbonyl (C=O) groups excluding carboxylic acids is 4. The van der Waals surface area contributed by atoms with Crippen molar-refractivity contribution in [3.8, 4) is 0 Å². The maximum absolute atomic E-state index is 13.1. The molecule has 0 heterocycles. The number of nitrogens with zero attached hydrogens (tertiary/aromatic N) is 1. The van der Waals surface area contributed by atoms with E-state index in [9.17, 15) is 19.2 Å². The molecule has 0 saturated heterocycles. The van der Waals surface area contributed by atoms with E-state index in [0.29, 0.717) is 29.9 Å². The third-order valence-corrected chi connectivity index (χ3v) is 5.79. The van der Waals surface area contributed by atoms with Gasteiger partial charge in [0, 0.05) is 37.3 Å². The fourth-order valence-electron chi connectivity index (χ4n) is 3.85. The van der Waals surface area contributed by atoms with Crippen molar-refractivity contribution in [2.24, 2.45) is 4.99 Å². The molecule has 0 aliphatic carbocycles. The van der Waals surface area contributed by atoms with Gasteiger partial charge in [-0.2, -0.15) is 0 Å². The van der Waals surface area contributed by atoms with Crippen LogP contribution in [0.25, 0.3) is 0 Å². The molecule has 0 fully saturated rings. The Hall–Kier alpha value is -3.81. The first-order valence-corrected chi connectivity index (χ1v) is 12.9. The van der Waals surface area contributed by atoms with Crippen LogP contribution in [0.5, 0.6) is 0 Å². The summed E-state index contributed by atoms with van der Waals surface area (Å²) in [6.07, 6.45) is 4.08. The summed E-state index contributed by atoms with van der Waals surface area (Å²) >= 11 is 0. The summed E-state index contributed by atoms with van der Waals surface area (Å²) in [4.78, 5) is 53.7. The Labute approximate surface area is 219 Å². The van der Waals surface area contributed by atoms with Gasteiger partial charge in [-0.25, -0.2) is 0 Å². The minimum Gasteiger partial charge on any atom is -0.352 e. The zero-order valence-corrected chi connectivity index (χ0v) is 22.4. The topological polar surface area (TPSA) is 117 Å². The van der Waals surface area contributed by atoms with Gasteiger partial charge in [0.25, 0.3) is 11.8 Å². The van der Waals surface area contributed by atoms with Crippen LogP contribution in [0.2, 0.25) is 0 Å². The number of hydrogen-bond donors (Lipinski definition) is 3. The first kappa shape index (κ1) is 29.4. The van der Waals surface area contributed by atoms with Gasteiger partial charge in [0.1, 0.15) is 0 Å². The van der Waals surface area contributed by atoms with Crippen molar-refractivity contribution in [2.45, 2.75) is 72.8 Å². The van der Waals surface area contributed by atoms with Crippen LogP contribution in [-0.2, 0) is 20.8 Å². The summed E-state index contributed by atoms with van der Waals surface area (Å²) in [5.74, 6) is -1.33. The van der Waals surface area contributed by atoms with Crippen LogP contribution in [0.15, 0.2) is 47.5 Å². The molecule has 0 spiro atoms. The van der Waals surface area contributed by atoms with Gasteiger partial charge >= 0.3 is 0 Å². The molecule has 0 radical (unpaired) electrons. The third-order valence-electron chi connectivity index (χ3n) is 5.79. The van der Waals surface area contributed by atoms with Gasteiger partial charge < -0.3 is 16.0 Å². The molecule has 0 aliphatic rings. The largest absolute Gasteiger partial charge is 0.352 e. The molecule has 0 saturated carbocycles. The molecule has 8 heteroatoms. The molecule has 2 aromatic rings. The molecule has 198 valence electrons. The van der Waals surface area contributed by atoms with Crippen molar-refractivity contribution in [1.82, 2.24) is 5.32 Å². The van der Waals surface area contributed by atoms with Gasteiger partial charge in [-0.3, -0.25) is 24.2 Å². The molecule has 3 amide bonds. The molecule has 0 aliphatic heterocycles. The lowest BCUT2D eigenvalue weighted by molar-refractivity contribution is -0.115. The Bertz CT molecular complexity index is 1140. The van der Waals surface area contributed by atoms with Crippen molar-refractivity contribution in [3.63, 3.8) is 0 Å². The lowest BCUT2D eigenvalue weighted by Gasteiger charge is -2.15. The molecule has 37 heavy (non-hydrogen) atoms. The number of amides is 3. The second-order valence-electron chi connectivity index (χ2n) is 8.95. The van der Waals surface area contributed by atoms with E-state index in [0.717, 1.165) is 36.8 Å². The maximum Gasteiger partial charge on any atom is 0.277 e. The van der Waals surface area contributed by atoms with E-state index in [2.05, 4.69) is 27.9 Å². The Morgan fingerprint density at radius 1 is 0.892 bits per heavy atom. The lowest BCUT2D eigenvalue weighted by atomic mass is 10.0. The number of unbranched alkanes of at least 4 members (excludes halogenated alkanes) is 1. The van der Waals surface area contributed by atoms with E-state index in [-0.39, 0.29) is 17.5 Å². The van der Waals surface area contributed by atoms with Gasteiger partial charge in [0.05, 0.1) is 6.04 Å². The SMILES string of the molecule is CCCCNC(=O)c1ccc(C(CC)N=C(C(C)=O)C(=O)Nc2ccc(NC(C)=O)c(CCC)c2)cc1. The standard InChI is InChI=1S/C29H38N4O4/c1-6-9-17-30-28(36)22-13-11-21(12-14-22)25(8-3)33-27(19(4)34)29(37)32-24-15-16-26(31-20(5)35)23(18-24)10-7-2/h11-16,18,25H,6-10,17H2,1-5H3,(H,30,36)(H,31,35)(H,32,37). The zero-order valence-electron chi connectivity index (χ0n) is 22.4. The fraction of sp³-hybridized carbons (Fsp3) is 0.414. The van der Waals surface area contributed by atoms with E-state index in [4.69, 9.17) is 0 Å². The number of rotatable bonds is 13. The molecule has 3 N–H and O–H groups in total. The van der Waals surface area contributed by atoms with E-state index in [1.807, 2.05) is 13.8 Å². The summed E-state index contributed by atoms with van der Waals surface area (Å²) in [6.45, 7) is 9.41. The normalized spacial score (nSPS) is 12.0. The number of nitrogens with one attached hydrogen (secondary N) is 3. The van der Waals surface area contributed by atoms with Gasteiger partial charge in [-0.05, 0) is 60.7 Å². The minimum absolute atomic E-state index is 0.132. The van der Waals surface area contributed by atoms with Gasteiger partial charge in [0.2, 0.25) is 5.91 Å². The molecule has 1 atom stereocenters. The minimum atomic E-state index is -0.590. The number of aryl methyl sites for hydroxylation is 1. The van der Waals surface area contributed by atoms with E-state index < -0.39 is 17.7 Å². The summed E-state index contributed by atoms with van der Waals surface area (Å²) in [7, 11) is 0. The highest BCUT2D eigenvalue weighted by Crippen LogP contribution is 2.24. The van der Waals surface area contributed by atoms with Gasteiger partial charge in [-0.15, -0.1) is 0 Å². The Kier molecular flexibility index (Phi) is 11.7. The van der Waals surface area contributed by atoms with Crippen LogP contribution < -0.4 is 16.0 Å². The molecule has 0 bridgehead atoms. The molecule has 2 aromatic carbocycles. The molecule has 8 nitrogen and oxygen atoms in total. The second-order valence-corrected chi connectivity index (χ2v) is 8.95. The van der Waals surface area contributed by atoms with Crippen molar-refractivity contribution in [1.29, 1.82) is 0 Å². The molecular formula is C29H38N4O4. The smallest absolute Gasteiger partial charge is 0.277 e. The Morgan fingerprint density at radius 2 is 1.59 bits per heavy atom. The first-order valence-electron chi connectivity index (χ1n) is 12.9. The van der Waals surface area contributed by atoms with E-state index >= 15 is 0 Å². The Balaban J connectivity index is 2.23. The van der Waals surface area contributed by atoms with Crippen LogP contribution in [0, 0.1) is 0 Å². The lowest BCUT2D eigenvalue weighted by Crippen LogP contribution is -2.29. The predicted molar refractivity (Wildman–Crippen MR) is 148 cm³/mol. The number of aliphatic imine (C=N–C) groups is 1. The maximum atomic E-state index is 13.1. The van der Waals surface area contributed by atoms with Crippen molar-refractivity contribution < 1.29 is 19.2 Å². The van der Waals surface area contributed by atoms with Crippen LogP contribution in [0.3, 0.4) is 0 Å². The number of Topliss-reactive ketones (excluding diaryl/α,β-unsaturated/α-hetero) is 1. The summed E-state index contributed by atoms with van der Waals surface area (Å²) in [5, 5.41) is 8.46. The summed E-state index contributed by atoms with van der Waals surface area (Å²) in [6, 6.07) is 11.9. The summed E-state index contributed by atoms with van der Waals surface area (Å²) < 4.78 is 0. The van der Waals surface area contributed by atoms with Crippen molar-refractivity contribution >= 4 is 40.6 Å². The Morgan fingerprint density at radius 3 is 2.16 bits per heavy atom. The van der Waals surface area contributed by atoms with Crippen molar-refractivity contribution in [3.05, 3.63) is 59.2 Å². The van der Waals surface area contributed by atoms with Gasteiger partial charge in [0.15, 0.2) is 11.5 Å². The van der Waals surface area contributed by atoms with E-state index in [1.165, 1.54) is 13.8 Å². The summed E-state index contributed by atoms with van der Waals surface area (Å²) in [5.41, 5.74) is 3.29. The molecule has 1 unspecified atom stereocenters. The first-order chi connectivity index (χ1) is 17.7. The highest BCUT2D eigenvalue weighted by atomic mass is 16.2. The van der Waals surface area contributed by atoms with Crippen molar-refractivity contribution in [2.75, 3.05) is 17.2 Å². The van der Waals surface area contributed by atoms with Crippen LogP contribution in [0.4, 0.5) is 11.4 Å².